The van der Waals surface area contributed by atoms with Crippen molar-refractivity contribution in [1.82, 2.24) is 9.62 Å². The summed E-state index contributed by atoms with van der Waals surface area (Å²) in [7, 11) is -3.52. The Bertz CT molecular complexity index is 1020. The van der Waals surface area contributed by atoms with Crippen molar-refractivity contribution in [3.8, 4) is 5.75 Å². The molecule has 0 bridgehead atoms. The molecule has 10 heteroatoms. The maximum absolute atomic E-state index is 12.7. The second kappa shape index (κ2) is 11.1. The second-order valence-electron chi connectivity index (χ2n) is 6.98. The number of carbonyl (C=O) groups is 2. The normalized spacial score (nSPS) is 14.5. The van der Waals surface area contributed by atoms with Crippen molar-refractivity contribution in [3.05, 3.63) is 59.7 Å². The van der Waals surface area contributed by atoms with E-state index < -0.39 is 16.2 Å². The smallest absolute Gasteiger partial charge is 0.434 e. The number of ether oxygens (including phenoxy) is 3. The van der Waals surface area contributed by atoms with E-state index in [0.29, 0.717) is 44.8 Å². The van der Waals surface area contributed by atoms with Crippen molar-refractivity contribution < 1.29 is 32.2 Å². The molecule has 0 aliphatic carbocycles. The molecule has 1 aliphatic rings. The summed E-state index contributed by atoms with van der Waals surface area (Å²) in [6.07, 6.45) is -0.248. The van der Waals surface area contributed by atoms with Gasteiger partial charge in [0.2, 0.25) is 10.0 Å². The third-order valence-electron chi connectivity index (χ3n) is 4.81. The first-order valence-electron chi connectivity index (χ1n) is 10.3. The van der Waals surface area contributed by atoms with E-state index in [9.17, 15) is 18.0 Å². The topological polar surface area (TPSA) is 111 Å². The lowest BCUT2D eigenvalue weighted by Gasteiger charge is -2.26. The summed E-state index contributed by atoms with van der Waals surface area (Å²) < 4.78 is 41.6. The number of sulfonamides is 1. The molecule has 1 amide bonds. The van der Waals surface area contributed by atoms with Crippen molar-refractivity contribution in [2.45, 2.75) is 18.2 Å². The molecule has 2 aromatic rings. The zero-order valence-corrected chi connectivity index (χ0v) is 18.6. The van der Waals surface area contributed by atoms with Crippen LogP contribution in [0.3, 0.4) is 0 Å². The number of rotatable bonds is 8. The van der Waals surface area contributed by atoms with E-state index >= 15 is 0 Å². The quantitative estimate of drug-likeness (QED) is 0.473. The Hall–Kier alpha value is -2.95. The van der Waals surface area contributed by atoms with Gasteiger partial charge < -0.3 is 19.5 Å². The van der Waals surface area contributed by atoms with Gasteiger partial charge >= 0.3 is 6.16 Å². The highest BCUT2D eigenvalue weighted by Crippen LogP contribution is 2.18. The zero-order chi connectivity index (χ0) is 23.0. The van der Waals surface area contributed by atoms with Crippen molar-refractivity contribution in [2.75, 3.05) is 39.5 Å². The fourth-order valence-corrected chi connectivity index (χ4v) is 4.51. The van der Waals surface area contributed by atoms with Gasteiger partial charge in [-0.25, -0.2) is 13.2 Å². The first-order valence-corrected chi connectivity index (χ1v) is 11.7. The Morgan fingerprint density at radius 3 is 2.31 bits per heavy atom. The summed E-state index contributed by atoms with van der Waals surface area (Å²) >= 11 is 0. The highest BCUT2D eigenvalue weighted by Gasteiger charge is 2.26. The van der Waals surface area contributed by atoms with Gasteiger partial charge in [-0.2, -0.15) is 4.31 Å². The molecule has 9 nitrogen and oxygen atoms in total. The fraction of sp³-hybridized carbons (Fsp3) is 0.364. The van der Waals surface area contributed by atoms with Gasteiger partial charge in [-0.1, -0.05) is 12.1 Å². The SMILES string of the molecule is CCOC(=O)Oc1ccc(C(=O)NCCc2ccc(S(=O)(=O)N3CCOCC3)cc2)cc1. The molecule has 1 fully saturated rings. The predicted molar refractivity (Wildman–Crippen MR) is 116 cm³/mol. The maximum atomic E-state index is 12.7. The molecule has 0 unspecified atom stereocenters. The third-order valence-corrected chi connectivity index (χ3v) is 6.72. The highest BCUT2D eigenvalue weighted by molar-refractivity contribution is 7.89. The van der Waals surface area contributed by atoms with E-state index in [4.69, 9.17) is 14.2 Å². The minimum absolute atomic E-state index is 0.214. The Kier molecular flexibility index (Phi) is 8.20. The molecule has 0 spiro atoms. The van der Waals surface area contributed by atoms with Gasteiger partial charge in [-0.3, -0.25) is 4.79 Å². The van der Waals surface area contributed by atoms with Crippen LogP contribution in [-0.2, 0) is 25.9 Å². The van der Waals surface area contributed by atoms with Crippen LogP contribution in [0.2, 0.25) is 0 Å². The van der Waals surface area contributed by atoms with E-state index in [1.165, 1.54) is 16.4 Å². The summed E-state index contributed by atoms with van der Waals surface area (Å²) in [6, 6.07) is 12.8. The minimum atomic E-state index is -3.52. The van der Waals surface area contributed by atoms with Crippen LogP contribution in [0.25, 0.3) is 0 Å². The van der Waals surface area contributed by atoms with Crippen molar-refractivity contribution in [2.24, 2.45) is 0 Å². The summed E-state index contributed by atoms with van der Waals surface area (Å²) in [5.41, 5.74) is 1.33. The second-order valence-corrected chi connectivity index (χ2v) is 8.91. The van der Waals surface area contributed by atoms with E-state index in [0.717, 1.165) is 5.56 Å². The van der Waals surface area contributed by atoms with Crippen LogP contribution in [0.1, 0.15) is 22.8 Å². The minimum Gasteiger partial charge on any atom is -0.434 e. The Morgan fingerprint density at radius 2 is 1.69 bits per heavy atom. The average molecular weight is 463 g/mol. The van der Waals surface area contributed by atoms with Crippen LogP contribution in [0.5, 0.6) is 5.75 Å². The Balaban J connectivity index is 1.48. The lowest BCUT2D eigenvalue weighted by molar-refractivity contribution is 0.0730. The lowest BCUT2D eigenvalue weighted by atomic mass is 10.1. The third kappa shape index (κ3) is 6.28. The first kappa shape index (κ1) is 23.7. The highest BCUT2D eigenvalue weighted by atomic mass is 32.2. The molecular formula is C22H26N2O7S. The van der Waals surface area contributed by atoms with E-state index in [1.807, 2.05) is 0 Å². The van der Waals surface area contributed by atoms with Crippen LogP contribution in [0, 0.1) is 0 Å². The molecule has 32 heavy (non-hydrogen) atoms. The van der Waals surface area contributed by atoms with Gasteiger partial charge in [0.25, 0.3) is 5.91 Å². The molecule has 1 heterocycles. The molecule has 1 aliphatic heterocycles. The molecule has 1 N–H and O–H groups in total. The summed E-state index contributed by atoms with van der Waals surface area (Å²) in [6.45, 7) is 3.78. The van der Waals surface area contributed by atoms with Crippen LogP contribution in [0.4, 0.5) is 4.79 Å². The Labute approximate surface area is 187 Å². The molecule has 0 aromatic heterocycles. The van der Waals surface area contributed by atoms with Crippen LogP contribution >= 0.6 is 0 Å². The summed E-state index contributed by atoms with van der Waals surface area (Å²) in [5.74, 6) is 0.0197. The molecule has 2 aromatic carbocycles. The number of carbonyl (C=O) groups excluding carboxylic acids is 2. The van der Waals surface area contributed by atoms with Crippen LogP contribution in [-0.4, -0.2) is 64.2 Å². The molecule has 0 radical (unpaired) electrons. The van der Waals surface area contributed by atoms with Gasteiger partial charge in [-0.15, -0.1) is 0 Å². The lowest BCUT2D eigenvalue weighted by Crippen LogP contribution is -2.40. The van der Waals surface area contributed by atoms with Crippen molar-refractivity contribution in [1.29, 1.82) is 0 Å². The molecule has 3 rings (SSSR count). The van der Waals surface area contributed by atoms with Crippen molar-refractivity contribution in [3.63, 3.8) is 0 Å². The molecule has 0 saturated carbocycles. The summed E-state index contributed by atoms with van der Waals surface area (Å²) in [4.78, 5) is 23.8. The van der Waals surface area contributed by atoms with Crippen LogP contribution < -0.4 is 10.1 Å². The fourth-order valence-electron chi connectivity index (χ4n) is 3.10. The molecular weight excluding hydrogens is 436 g/mol. The number of hydrogen-bond donors (Lipinski definition) is 1. The number of amides is 1. The van der Waals surface area contributed by atoms with Crippen molar-refractivity contribution >= 4 is 22.1 Å². The number of nitrogens with zero attached hydrogens (tertiary/aromatic N) is 1. The molecule has 172 valence electrons. The average Bonchev–Trinajstić information content (AvgIpc) is 2.80. The largest absolute Gasteiger partial charge is 0.513 e. The predicted octanol–water partition coefficient (Wildman–Crippen LogP) is 2.22. The van der Waals surface area contributed by atoms with Gasteiger partial charge in [0.05, 0.1) is 24.7 Å². The number of morpholine rings is 1. The van der Waals surface area contributed by atoms with Crippen LogP contribution in [0.15, 0.2) is 53.4 Å². The van der Waals surface area contributed by atoms with Gasteiger partial charge in [-0.05, 0) is 55.3 Å². The van der Waals surface area contributed by atoms with E-state index in [-0.39, 0.29) is 23.2 Å². The maximum Gasteiger partial charge on any atom is 0.513 e. The number of hydrogen-bond acceptors (Lipinski definition) is 7. The first-order chi connectivity index (χ1) is 15.4. The standard InChI is InChI=1S/C22H26N2O7S/c1-2-30-22(26)31-19-7-5-18(6-8-19)21(25)23-12-11-17-3-9-20(10-4-17)32(27,28)24-13-15-29-16-14-24/h3-10H,2,11-16H2,1H3,(H,23,25). The van der Waals surface area contributed by atoms with Gasteiger partial charge in [0.1, 0.15) is 5.75 Å². The van der Waals surface area contributed by atoms with E-state index in [1.54, 1.807) is 43.3 Å². The van der Waals surface area contributed by atoms with Gasteiger partial charge in [0.15, 0.2) is 0 Å². The number of nitrogens with one attached hydrogen (secondary N) is 1. The summed E-state index contributed by atoms with van der Waals surface area (Å²) in [5, 5.41) is 2.81. The van der Waals surface area contributed by atoms with Gasteiger partial charge in [0, 0.05) is 25.2 Å². The molecule has 1 saturated heterocycles. The molecule has 0 atom stereocenters. The monoisotopic (exact) mass is 462 g/mol. The Morgan fingerprint density at radius 1 is 1.03 bits per heavy atom. The number of benzene rings is 2. The zero-order valence-electron chi connectivity index (χ0n) is 17.8. The van der Waals surface area contributed by atoms with E-state index in [2.05, 4.69) is 5.32 Å².